The number of unbranched alkanes of at least 4 members (excludes halogenated alkanes) is 11. The topological polar surface area (TPSA) is 81.8 Å². The van der Waals surface area contributed by atoms with Crippen molar-refractivity contribution in [1.82, 2.24) is 13.5 Å². The van der Waals surface area contributed by atoms with Crippen molar-refractivity contribution < 1.29 is 9.90 Å². The fourth-order valence-corrected chi connectivity index (χ4v) is 5.15. The van der Waals surface area contributed by atoms with Gasteiger partial charge in [-0.3, -0.25) is 4.79 Å². The Bertz CT molecular complexity index is 410. The van der Waals surface area contributed by atoms with Crippen LogP contribution in [0.1, 0.15) is 96.8 Å². The summed E-state index contributed by atoms with van der Waals surface area (Å²) < 4.78 is 10.0. The Morgan fingerprint density at radius 1 is 0.962 bits per heavy atom. The van der Waals surface area contributed by atoms with Crippen molar-refractivity contribution in [3.63, 3.8) is 0 Å². The zero-order valence-corrected chi connectivity index (χ0v) is 19.2. The number of rotatable bonds is 15. The van der Waals surface area contributed by atoms with Gasteiger partial charge in [0.25, 0.3) is 0 Å². The van der Waals surface area contributed by atoms with Crippen LogP contribution in [0.15, 0.2) is 12.2 Å². The Balaban J connectivity index is 0.000000867. The SMILES string of the molecule is CCCCCCCC/C=C\CCCCCCCC(=O)O.n1p[nH][pH][nH][pH]1. The first-order chi connectivity index (χ1) is 12.8. The molecule has 0 spiro atoms. The van der Waals surface area contributed by atoms with Crippen LogP contribution in [0.4, 0.5) is 0 Å². The van der Waals surface area contributed by atoms with Crippen LogP contribution < -0.4 is 0 Å². The van der Waals surface area contributed by atoms with E-state index in [1.165, 1.54) is 70.6 Å². The van der Waals surface area contributed by atoms with Gasteiger partial charge in [0.2, 0.25) is 0 Å². The van der Waals surface area contributed by atoms with Gasteiger partial charge < -0.3 is 14.1 Å². The third-order valence-corrected chi connectivity index (χ3v) is 6.57. The molecule has 3 N–H and O–H groups in total. The third-order valence-electron chi connectivity index (χ3n) is 3.98. The van der Waals surface area contributed by atoms with Crippen molar-refractivity contribution in [2.75, 3.05) is 0 Å². The maximum atomic E-state index is 10.3. The number of hydrogen-bond donors (Lipinski definition) is 3. The highest BCUT2D eigenvalue weighted by Gasteiger charge is 1.95. The minimum absolute atomic E-state index is 0.332. The number of carboxylic acids is 1. The van der Waals surface area contributed by atoms with Gasteiger partial charge in [0, 0.05) is 23.4 Å². The Labute approximate surface area is 164 Å². The fourth-order valence-electron chi connectivity index (χ4n) is 2.50. The molecule has 1 rings (SSSR count). The molecule has 8 heteroatoms. The van der Waals surface area contributed by atoms with E-state index in [0.717, 1.165) is 21.4 Å². The summed E-state index contributed by atoms with van der Waals surface area (Å²) in [6, 6.07) is 0. The molecule has 0 aliphatic heterocycles. The number of hydrogen-bond acceptors (Lipinski definition) is 2. The van der Waals surface area contributed by atoms with Gasteiger partial charge in [-0.15, -0.1) is 0 Å². The quantitative estimate of drug-likeness (QED) is 0.201. The standard InChI is InChI=1S/C18H34O2.H4N3P3/c1-2-3-4-5-6-7-8-9-10-11-12-13-14-15-16-17-18(19)20;1-4-2-6-3-5-1/h9-10H,2-8,11-17H2,1H3,(H,19,20);1,4-5H,(H,2,3)/b10-9-;. The Hall–Kier alpha value is -0.490. The van der Waals surface area contributed by atoms with Crippen LogP contribution in [0.25, 0.3) is 0 Å². The molecule has 0 radical (unpaired) electrons. The van der Waals surface area contributed by atoms with Crippen LogP contribution >= 0.6 is 25.5 Å². The van der Waals surface area contributed by atoms with Crippen LogP contribution in [0, 0.1) is 0 Å². The molecule has 0 aromatic carbocycles. The molecular weight excluding hydrogens is 383 g/mol. The average molecular weight is 421 g/mol. The van der Waals surface area contributed by atoms with Crippen LogP contribution in [-0.4, -0.2) is 24.6 Å². The van der Waals surface area contributed by atoms with E-state index in [1.807, 2.05) is 0 Å². The molecule has 1 aromatic rings. The van der Waals surface area contributed by atoms with Gasteiger partial charge in [0.05, 0.1) is 0 Å². The molecule has 2 unspecified atom stereocenters. The van der Waals surface area contributed by atoms with E-state index in [1.54, 1.807) is 0 Å². The summed E-state index contributed by atoms with van der Waals surface area (Å²) in [7, 11) is 2.36. The first-order valence-corrected chi connectivity index (χ1v) is 12.8. The predicted octanol–water partition coefficient (Wildman–Crippen LogP) is 7.61. The maximum Gasteiger partial charge on any atom is 0.303 e. The van der Waals surface area contributed by atoms with Gasteiger partial charge in [-0.05, 0) is 32.1 Å². The van der Waals surface area contributed by atoms with Crippen LogP contribution in [0.2, 0.25) is 0 Å². The number of aromatic nitrogens is 3. The van der Waals surface area contributed by atoms with Crippen molar-refractivity contribution in [2.45, 2.75) is 96.8 Å². The smallest absolute Gasteiger partial charge is 0.303 e. The molecule has 0 fully saturated rings. The zero-order chi connectivity index (χ0) is 19.1. The minimum atomic E-state index is -0.664. The summed E-state index contributed by atoms with van der Waals surface area (Å²) in [5.74, 6) is -0.664. The summed E-state index contributed by atoms with van der Waals surface area (Å²) in [5.41, 5.74) is 0. The average Bonchev–Trinajstić information content (AvgIpc) is 2.66. The minimum Gasteiger partial charge on any atom is -0.481 e. The highest BCUT2D eigenvalue weighted by molar-refractivity contribution is 7.43. The lowest BCUT2D eigenvalue weighted by atomic mass is 10.1. The normalized spacial score (nSPS) is 11.4. The number of nitrogens with one attached hydrogen (secondary N) is 2. The Kier molecular flexibility index (Phi) is 22.1. The number of nitrogens with zero attached hydrogens (tertiary/aromatic N) is 1. The number of carbonyl (C=O) groups is 1. The molecule has 0 saturated carbocycles. The zero-order valence-electron chi connectivity index (χ0n) is 16.3. The lowest BCUT2D eigenvalue weighted by Crippen LogP contribution is -1.93. The van der Waals surface area contributed by atoms with Gasteiger partial charge in [0.1, 0.15) is 8.51 Å². The lowest BCUT2D eigenvalue weighted by molar-refractivity contribution is -0.137. The third kappa shape index (κ3) is 23.5. The van der Waals surface area contributed by atoms with E-state index < -0.39 is 5.97 Å². The molecule has 1 aromatic heterocycles. The number of aliphatic carboxylic acids is 1. The Morgan fingerprint density at radius 2 is 1.54 bits per heavy atom. The molecule has 0 aliphatic carbocycles. The number of aromatic amines is 2. The summed E-state index contributed by atoms with van der Waals surface area (Å²) in [6.45, 7) is 2.26. The van der Waals surface area contributed by atoms with E-state index in [-0.39, 0.29) is 0 Å². The van der Waals surface area contributed by atoms with E-state index in [4.69, 9.17) is 5.11 Å². The van der Waals surface area contributed by atoms with E-state index in [2.05, 4.69) is 32.6 Å². The number of H-pyrrole nitrogens is 2. The first kappa shape index (κ1) is 25.5. The Morgan fingerprint density at radius 3 is 1.96 bits per heavy atom. The van der Waals surface area contributed by atoms with E-state index in [0.29, 0.717) is 23.4 Å². The predicted molar refractivity (Wildman–Crippen MR) is 119 cm³/mol. The van der Waals surface area contributed by atoms with E-state index in [9.17, 15) is 4.79 Å². The molecule has 0 aliphatic rings. The number of allylic oxidation sites excluding steroid dienone is 2. The van der Waals surface area contributed by atoms with Gasteiger partial charge >= 0.3 is 5.97 Å². The summed E-state index contributed by atoms with van der Waals surface area (Å²) in [4.78, 5) is 10.3. The summed E-state index contributed by atoms with van der Waals surface area (Å²) >= 11 is 0. The molecule has 0 saturated heterocycles. The van der Waals surface area contributed by atoms with Crippen molar-refractivity contribution in [2.24, 2.45) is 0 Å². The lowest BCUT2D eigenvalue weighted by Gasteiger charge is -1.99. The van der Waals surface area contributed by atoms with Gasteiger partial charge in [-0.25, -0.2) is 0 Å². The van der Waals surface area contributed by atoms with Crippen molar-refractivity contribution in [3.05, 3.63) is 12.2 Å². The summed E-state index contributed by atoms with van der Waals surface area (Å²) in [6.07, 6.45) is 21.2. The second-order valence-electron chi connectivity index (χ2n) is 6.40. The molecule has 0 amide bonds. The molecule has 2 atom stereocenters. The molecule has 5 nitrogen and oxygen atoms in total. The van der Waals surface area contributed by atoms with Gasteiger partial charge in [-0.1, -0.05) is 70.4 Å². The van der Waals surface area contributed by atoms with Crippen LogP contribution in [-0.2, 0) is 4.79 Å². The number of carboxylic acid groups (broad SMARTS) is 1. The highest BCUT2D eigenvalue weighted by atomic mass is 31.1. The van der Waals surface area contributed by atoms with Crippen LogP contribution in [0.3, 0.4) is 0 Å². The largest absolute Gasteiger partial charge is 0.481 e. The molecule has 1 heterocycles. The van der Waals surface area contributed by atoms with Crippen LogP contribution in [0.5, 0.6) is 0 Å². The van der Waals surface area contributed by atoms with E-state index >= 15 is 0 Å². The highest BCUT2D eigenvalue weighted by Crippen LogP contribution is 2.09. The molecule has 0 bridgehead atoms. The molecular formula is C18H38N3O2P3. The van der Waals surface area contributed by atoms with Gasteiger partial charge in [-0.2, -0.15) is 4.51 Å². The monoisotopic (exact) mass is 421 g/mol. The first-order valence-electron chi connectivity index (χ1n) is 10.0. The van der Waals surface area contributed by atoms with Crippen molar-refractivity contribution in [3.8, 4) is 0 Å². The molecule has 26 heavy (non-hydrogen) atoms. The second-order valence-corrected chi connectivity index (χ2v) is 9.77. The fraction of sp³-hybridized carbons (Fsp3) is 0.833. The molecule has 152 valence electrons. The van der Waals surface area contributed by atoms with Crippen molar-refractivity contribution >= 4 is 31.5 Å². The second kappa shape index (κ2) is 22.6. The summed E-state index contributed by atoms with van der Waals surface area (Å²) in [5, 5.41) is 8.51. The van der Waals surface area contributed by atoms with Gasteiger partial charge in [0.15, 0.2) is 0 Å². The van der Waals surface area contributed by atoms with Crippen molar-refractivity contribution in [1.29, 1.82) is 0 Å². The maximum absolute atomic E-state index is 10.3.